The average molecular weight is 193 g/mol. The van der Waals surface area contributed by atoms with Crippen LogP contribution in [0.25, 0.3) is 0 Å². The third-order valence-corrected chi connectivity index (χ3v) is 2.06. The molecule has 0 aromatic carbocycles. The summed E-state index contributed by atoms with van der Waals surface area (Å²) >= 11 is 1.38. The number of aliphatic carboxylic acids is 1. The number of hydrogen-bond donors (Lipinski definition) is 3. The fourth-order valence-electron chi connectivity index (χ4n) is 0.559. The van der Waals surface area contributed by atoms with Crippen molar-refractivity contribution >= 4 is 23.8 Å². The molecular weight excluding hydrogens is 182 g/mol. The number of rotatable bonds is 5. The van der Waals surface area contributed by atoms with Crippen LogP contribution in [0, 0.1) is 0 Å². The average Bonchev–Trinajstić information content (AvgIpc) is 1.96. The Morgan fingerprint density at radius 1 is 1.50 bits per heavy atom. The van der Waals surface area contributed by atoms with E-state index in [0.717, 1.165) is 5.75 Å². The second kappa shape index (κ2) is 5.70. The Bertz CT molecular complexity index is 173. The zero-order valence-corrected chi connectivity index (χ0v) is 7.43. The van der Waals surface area contributed by atoms with Gasteiger partial charge in [-0.25, -0.2) is 9.59 Å². The number of hydrogen-bond acceptors (Lipinski definition) is 3. The van der Waals surface area contributed by atoms with Gasteiger partial charge in [0.2, 0.25) is 0 Å². The molecule has 0 saturated heterocycles. The molecule has 0 spiro atoms. The van der Waals surface area contributed by atoms with E-state index in [1.165, 1.54) is 11.8 Å². The van der Waals surface area contributed by atoms with E-state index in [2.05, 4.69) is 0 Å². The van der Waals surface area contributed by atoms with Crippen molar-refractivity contribution in [3.63, 3.8) is 0 Å². The molecule has 0 aromatic rings. The molecular formula is C6H11NO4S. The van der Waals surface area contributed by atoms with E-state index in [4.69, 9.17) is 10.2 Å². The summed E-state index contributed by atoms with van der Waals surface area (Å²) in [6.45, 7) is 1.88. The summed E-state index contributed by atoms with van der Waals surface area (Å²) in [7, 11) is 0. The summed E-state index contributed by atoms with van der Waals surface area (Å²) in [5.74, 6) is -0.109. The van der Waals surface area contributed by atoms with E-state index in [1.54, 1.807) is 0 Å². The molecule has 5 nitrogen and oxygen atoms in total. The maximum atomic E-state index is 10.4. The van der Waals surface area contributed by atoms with Crippen LogP contribution in [0.5, 0.6) is 0 Å². The van der Waals surface area contributed by atoms with Gasteiger partial charge in [0.05, 0.1) is 0 Å². The molecule has 1 amide bonds. The molecule has 70 valence electrons. The first-order chi connectivity index (χ1) is 5.57. The number of carboxylic acid groups (broad SMARTS) is 2. The normalized spacial score (nSPS) is 12.1. The molecule has 0 aromatic heterocycles. The number of carbonyl (C=O) groups is 2. The second-order valence-corrected chi connectivity index (χ2v) is 3.32. The first-order valence-electron chi connectivity index (χ1n) is 3.38. The molecule has 12 heavy (non-hydrogen) atoms. The topological polar surface area (TPSA) is 86.6 Å². The van der Waals surface area contributed by atoms with Crippen LogP contribution in [-0.4, -0.2) is 39.8 Å². The highest BCUT2D eigenvalue weighted by Gasteiger charge is 2.18. The molecule has 0 radical (unpaired) electrons. The van der Waals surface area contributed by atoms with E-state index in [0.29, 0.717) is 0 Å². The maximum absolute atomic E-state index is 10.4. The Morgan fingerprint density at radius 3 is 2.42 bits per heavy atom. The summed E-state index contributed by atoms with van der Waals surface area (Å²) in [4.78, 5) is 20.5. The molecule has 0 unspecified atom stereocenters. The molecule has 0 aliphatic heterocycles. The quantitative estimate of drug-likeness (QED) is 0.590. The number of carboxylic acids is 1. The molecule has 0 bridgehead atoms. The lowest BCUT2D eigenvalue weighted by Crippen LogP contribution is -2.41. The predicted octanol–water partition coefficient (Wildman–Crippen LogP) is 0.460. The fourth-order valence-corrected chi connectivity index (χ4v) is 1.26. The van der Waals surface area contributed by atoms with E-state index in [9.17, 15) is 9.59 Å². The molecule has 0 heterocycles. The minimum atomic E-state index is -1.31. The Kier molecular flexibility index (Phi) is 5.27. The minimum Gasteiger partial charge on any atom is -0.480 e. The molecule has 6 heteroatoms. The molecule has 1 atom stereocenters. The molecule has 0 rings (SSSR count). The number of nitrogens with one attached hydrogen (secondary N) is 1. The summed E-state index contributed by atoms with van der Waals surface area (Å²) in [6, 6.07) is -1.01. The van der Waals surface area contributed by atoms with Crippen LogP contribution in [0.4, 0.5) is 4.79 Å². The van der Waals surface area contributed by atoms with E-state index >= 15 is 0 Å². The lowest BCUT2D eigenvalue weighted by Gasteiger charge is -2.10. The molecule has 0 aliphatic rings. The van der Waals surface area contributed by atoms with Gasteiger partial charge in [0.25, 0.3) is 0 Å². The summed E-state index contributed by atoms with van der Waals surface area (Å²) in [6.07, 6.45) is -1.31. The van der Waals surface area contributed by atoms with Crippen LogP contribution in [-0.2, 0) is 4.79 Å². The van der Waals surface area contributed by atoms with Crippen LogP contribution >= 0.6 is 11.8 Å². The first-order valence-corrected chi connectivity index (χ1v) is 4.53. The van der Waals surface area contributed by atoms with Crippen LogP contribution < -0.4 is 5.32 Å². The molecule has 0 saturated carbocycles. The second-order valence-electron chi connectivity index (χ2n) is 2.00. The van der Waals surface area contributed by atoms with Gasteiger partial charge in [0.15, 0.2) is 0 Å². The van der Waals surface area contributed by atoms with Crippen molar-refractivity contribution < 1.29 is 19.8 Å². The third kappa shape index (κ3) is 4.84. The van der Waals surface area contributed by atoms with E-state index in [1.807, 2.05) is 12.2 Å². The number of amides is 1. The van der Waals surface area contributed by atoms with Crippen molar-refractivity contribution in [1.82, 2.24) is 5.32 Å². The standard InChI is InChI=1S/C6H11NO4S/c1-2-12-3-4(5(8)9)7-6(10)11/h4,7H,2-3H2,1H3,(H,8,9)(H,10,11)/t4-/m0/s1. The van der Waals surface area contributed by atoms with Gasteiger partial charge < -0.3 is 15.5 Å². The summed E-state index contributed by atoms with van der Waals surface area (Å²) in [5, 5.41) is 18.7. The van der Waals surface area contributed by atoms with Gasteiger partial charge >= 0.3 is 12.1 Å². The van der Waals surface area contributed by atoms with Crippen molar-refractivity contribution in [2.45, 2.75) is 13.0 Å². The van der Waals surface area contributed by atoms with Gasteiger partial charge in [0.1, 0.15) is 6.04 Å². The van der Waals surface area contributed by atoms with Crippen molar-refractivity contribution in [3.8, 4) is 0 Å². The summed E-state index contributed by atoms with van der Waals surface area (Å²) < 4.78 is 0. The highest BCUT2D eigenvalue weighted by atomic mass is 32.2. The van der Waals surface area contributed by atoms with Gasteiger partial charge in [-0.1, -0.05) is 6.92 Å². The SMILES string of the molecule is CCSC[C@H](NC(=O)O)C(=O)O. The van der Waals surface area contributed by atoms with E-state index < -0.39 is 18.1 Å². The van der Waals surface area contributed by atoms with Crippen molar-refractivity contribution in [3.05, 3.63) is 0 Å². The van der Waals surface area contributed by atoms with Crippen molar-refractivity contribution in [1.29, 1.82) is 0 Å². The largest absolute Gasteiger partial charge is 0.480 e. The van der Waals surface area contributed by atoms with Gasteiger partial charge in [-0.05, 0) is 5.75 Å². The van der Waals surface area contributed by atoms with Crippen LogP contribution in [0.15, 0.2) is 0 Å². The molecule has 0 fully saturated rings. The van der Waals surface area contributed by atoms with Crippen molar-refractivity contribution in [2.75, 3.05) is 11.5 Å². The lowest BCUT2D eigenvalue weighted by molar-refractivity contribution is -0.138. The van der Waals surface area contributed by atoms with Crippen LogP contribution in [0.3, 0.4) is 0 Å². The highest BCUT2D eigenvalue weighted by molar-refractivity contribution is 7.99. The van der Waals surface area contributed by atoms with Crippen LogP contribution in [0.2, 0.25) is 0 Å². The summed E-state index contributed by atoms with van der Waals surface area (Å²) in [5.41, 5.74) is 0. The Balaban J connectivity index is 3.87. The van der Waals surface area contributed by atoms with Crippen LogP contribution in [0.1, 0.15) is 6.92 Å². The van der Waals surface area contributed by atoms with Gasteiger partial charge in [-0.15, -0.1) is 0 Å². The fraction of sp³-hybridized carbons (Fsp3) is 0.667. The smallest absolute Gasteiger partial charge is 0.405 e. The van der Waals surface area contributed by atoms with Gasteiger partial charge in [-0.3, -0.25) is 0 Å². The number of thioether (sulfide) groups is 1. The minimum absolute atomic E-state index is 0.262. The Hall–Kier alpha value is -0.910. The maximum Gasteiger partial charge on any atom is 0.405 e. The predicted molar refractivity (Wildman–Crippen MR) is 45.6 cm³/mol. The lowest BCUT2D eigenvalue weighted by atomic mass is 10.3. The van der Waals surface area contributed by atoms with Gasteiger partial charge in [-0.2, -0.15) is 11.8 Å². The third-order valence-electron chi connectivity index (χ3n) is 1.08. The zero-order chi connectivity index (χ0) is 9.56. The van der Waals surface area contributed by atoms with E-state index in [-0.39, 0.29) is 5.75 Å². The molecule has 3 N–H and O–H groups in total. The monoisotopic (exact) mass is 193 g/mol. The molecule has 0 aliphatic carbocycles. The Morgan fingerprint density at radius 2 is 2.08 bits per heavy atom. The Labute approximate surface area is 74.1 Å². The first kappa shape index (κ1) is 11.1. The highest BCUT2D eigenvalue weighted by Crippen LogP contribution is 2.01. The van der Waals surface area contributed by atoms with Crippen molar-refractivity contribution in [2.24, 2.45) is 0 Å². The van der Waals surface area contributed by atoms with Gasteiger partial charge in [0, 0.05) is 5.75 Å². The zero-order valence-electron chi connectivity index (χ0n) is 6.61.